The molecule has 5 nitrogen and oxygen atoms in total. The molecule has 2 heterocycles. The summed E-state index contributed by atoms with van der Waals surface area (Å²) in [6.07, 6.45) is 5.96. The Morgan fingerprint density at radius 1 is 1.21 bits per heavy atom. The lowest BCUT2D eigenvalue weighted by atomic mass is 9.96. The SMILES string of the molecule is CCC(O)C1CCCCN1CC(=O)NCC(c1ccccc1Cl)N1CCCC1. The molecule has 3 rings (SSSR count). The molecule has 3 unspecified atom stereocenters. The van der Waals surface area contributed by atoms with Crippen molar-refractivity contribution in [3.63, 3.8) is 0 Å². The van der Waals surface area contributed by atoms with Crippen LogP contribution < -0.4 is 5.32 Å². The fraction of sp³-hybridized carbons (Fsp3) is 0.682. The largest absolute Gasteiger partial charge is 0.392 e. The zero-order valence-electron chi connectivity index (χ0n) is 16.9. The number of carbonyl (C=O) groups excluding carboxylic acids is 1. The van der Waals surface area contributed by atoms with Crippen LogP contribution in [0.25, 0.3) is 0 Å². The van der Waals surface area contributed by atoms with Gasteiger partial charge in [-0.3, -0.25) is 14.6 Å². The predicted octanol–water partition coefficient (Wildman–Crippen LogP) is 3.22. The van der Waals surface area contributed by atoms with Gasteiger partial charge in [0.25, 0.3) is 0 Å². The summed E-state index contributed by atoms with van der Waals surface area (Å²) >= 11 is 6.46. The Morgan fingerprint density at radius 3 is 2.64 bits per heavy atom. The molecule has 2 aliphatic rings. The fourth-order valence-corrected chi connectivity index (χ4v) is 4.87. The van der Waals surface area contributed by atoms with E-state index in [-0.39, 0.29) is 24.1 Å². The smallest absolute Gasteiger partial charge is 0.234 e. The number of nitrogens with zero attached hydrogens (tertiary/aromatic N) is 2. The van der Waals surface area contributed by atoms with Crippen LogP contribution in [0.1, 0.15) is 57.1 Å². The van der Waals surface area contributed by atoms with E-state index in [1.165, 1.54) is 12.8 Å². The fourth-order valence-electron chi connectivity index (χ4n) is 4.61. The van der Waals surface area contributed by atoms with Crippen LogP contribution in [0.3, 0.4) is 0 Å². The van der Waals surface area contributed by atoms with Gasteiger partial charge in [0.15, 0.2) is 0 Å². The van der Waals surface area contributed by atoms with Gasteiger partial charge in [0.1, 0.15) is 0 Å². The number of hydrogen-bond acceptors (Lipinski definition) is 4. The number of benzene rings is 1. The molecular weight excluding hydrogens is 374 g/mol. The Hall–Kier alpha value is -1.14. The summed E-state index contributed by atoms with van der Waals surface area (Å²) in [5.41, 5.74) is 1.09. The first-order chi connectivity index (χ1) is 13.6. The van der Waals surface area contributed by atoms with Gasteiger partial charge in [-0.25, -0.2) is 0 Å². The molecule has 0 aliphatic carbocycles. The number of carbonyl (C=O) groups is 1. The quantitative estimate of drug-likeness (QED) is 0.694. The van der Waals surface area contributed by atoms with E-state index < -0.39 is 0 Å². The van der Waals surface area contributed by atoms with Crippen LogP contribution in [0.2, 0.25) is 5.02 Å². The number of aliphatic hydroxyl groups is 1. The number of hydrogen-bond donors (Lipinski definition) is 2. The van der Waals surface area contributed by atoms with Crippen molar-refractivity contribution in [2.24, 2.45) is 0 Å². The van der Waals surface area contributed by atoms with E-state index in [0.717, 1.165) is 55.9 Å². The Balaban J connectivity index is 1.61. The molecule has 2 saturated heterocycles. The molecule has 2 fully saturated rings. The Kier molecular flexibility index (Phi) is 8.15. The number of nitrogens with one attached hydrogen (secondary N) is 1. The molecule has 156 valence electrons. The number of halogens is 1. The third-order valence-electron chi connectivity index (χ3n) is 6.21. The van der Waals surface area contributed by atoms with Gasteiger partial charge in [-0.15, -0.1) is 0 Å². The monoisotopic (exact) mass is 407 g/mol. The summed E-state index contributed by atoms with van der Waals surface area (Å²) in [5.74, 6) is 0.0338. The van der Waals surface area contributed by atoms with Gasteiger partial charge >= 0.3 is 0 Å². The average Bonchev–Trinajstić information content (AvgIpc) is 3.24. The molecule has 0 aromatic heterocycles. The lowest BCUT2D eigenvalue weighted by Gasteiger charge is -2.38. The summed E-state index contributed by atoms with van der Waals surface area (Å²) in [7, 11) is 0. The highest BCUT2D eigenvalue weighted by atomic mass is 35.5. The predicted molar refractivity (Wildman–Crippen MR) is 114 cm³/mol. The van der Waals surface area contributed by atoms with Crippen molar-refractivity contribution in [1.82, 2.24) is 15.1 Å². The normalized spacial score (nSPS) is 23.5. The molecule has 0 bridgehead atoms. The van der Waals surface area contributed by atoms with Crippen LogP contribution in [-0.2, 0) is 4.79 Å². The van der Waals surface area contributed by atoms with Gasteiger partial charge in [-0.1, -0.05) is 43.1 Å². The van der Waals surface area contributed by atoms with Gasteiger partial charge < -0.3 is 10.4 Å². The van der Waals surface area contributed by atoms with E-state index in [0.29, 0.717) is 13.1 Å². The highest BCUT2D eigenvalue weighted by Gasteiger charge is 2.30. The number of amides is 1. The Morgan fingerprint density at radius 2 is 1.93 bits per heavy atom. The molecule has 3 atom stereocenters. The first-order valence-electron chi connectivity index (χ1n) is 10.8. The van der Waals surface area contributed by atoms with Gasteiger partial charge in [-0.05, 0) is 63.4 Å². The lowest BCUT2D eigenvalue weighted by Crippen LogP contribution is -2.51. The molecule has 2 aliphatic heterocycles. The van der Waals surface area contributed by atoms with E-state index >= 15 is 0 Å². The average molecular weight is 408 g/mol. The van der Waals surface area contributed by atoms with E-state index in [4.69, 9.17) is 11.6 Å². The van der Waals surface area contributed by atoms with Crippen molar-refractivity contribution in [3.8, 4) is 0 Å². The van der Waals surface area contributed by atoms with E-state index in [1.807, 2.05) is 25.1 Å². The maximum absolute atomic E-state index is 12.7. The summed E-state index contributed by atoms with van der Waals surface area (Å²) < 4.78 is 0. The molecule has 6 heteroatoms. The highest BCUT2D eigenvalue weighted by Crippen LogP contribution is 2.29. The van der Waals surface area contributed by atoms with Crippen LogP contribution in [0, 0.1) is 0 Å². The molecule has 0 saturated carbocycles. The van der Waals surface area contributed by atoms with Crippen molar-refractivity contribution in [2.75, 3.05) is 32.7 Å². The molecular formula is C22H34ClN3O2. The molecule has 1 amide bonds. The van der Waals surface area contributed by atoms with Crippen molar-refractivity contribution in [1.29, 1.82) is 0 Å². The van der Waals surface area contributed by atoms with Crippen molar-refractivity contribution < 1.29 is 9.90 Å². The number of likely N-dealkylation sites (tertiary alicyclic amines) is 2. The summed E-state index contributed by atoms with van der Waals surface area (Å²) in [5, 5.41) is 14.2. The van der Waals surface area contributed by atoms with Crippen molar-refractivity contribution in [3.05, 3.63) is 34.9 Å². The first-order valence-corrected chi connectivity index (χ1v) is 11.1. The Labute approximate surface area is 174 Å². The molecule has 1 aromatic carbocycles. The second kappa shape index (κ2) is 10.6. The molecule has 2 N–H and O–H groups in total. The zero-order chi connectivity index (χ0) is 19.9. The van der Waals surface area contributed by atoms with E-state index in [1.54, 1.807) is 0 Å². The standard InChI is InChI=1S/C22H34ClN3O2/c1-2-21(27)19-11-5-6-14-26(19)16-22(28)24-15-20(25-12-7-8-13-25)17-9-3-4-10-18(17)23/h3-4,9-10,19-21,27H,2,5-8,11-16H2,1H3,(H,24,28). The minimum atomic E-state index is -0.353. The third-order valence-corrected chi connectivity index (χ3v) is 6.56. The van der Waals surface area contributed by atoms with Gasteiger partial charge in [0.2, 0.25) is 5.91 Å². The summed E-state index contributed by atoms with van der Waals surface area (Å²) in [6, 6.07) is 8.15. The second-order valence-corrected chi connectivity index (χ2v) is 8.50. The molecule has 28 heavy (non-hydrogen) atoms. The second-order valence-electron chi connectivity index (χ2n) is 8.09. The first kappa shape index (κ1) is 21.6. The highest BCUT2D eigenvalue weighted by molar-refractivity contribution is 6.31. The number of aliphatic hydroxyl groups excluding tert-OH is 1. The third kappa shape index (κ3) is 5.47. The Bertz CT molecular complexity index is 636. The van der Waals surface area contributed by atoms with E-state index in [9.17, 15) is 9.90 Å². The van der Waals surface area contributed by atoms with Gasteiger partial charge in [0, 0.05) is 17.6 Å². The maximum Gasteiger partial charge on any atom is 0.234 e. The van der Waals surface area contributed by atoms with Crippen LogP contribution in [0.5, 0.6) is 0 Å². The van der Waals surface area contributed by atoms with Crippen LogP contribution in [0.4, 0.5) is 0 Å². The van der Waals surface area contributed by atoms with Crippen LogP contribution in [-0.4, -0.2) is 65.7 Å². The van der Waals surface area contributed by atoms with Gasteiger partial charge in [-0.2, -0.15) is 0 Å². The summed E-state index contributed by atoms with van der Waals surface area (Å²) in [4.78, 5) is 17.3. The topological polar surface area (TPSA) is 55.8 Å². The van der Waals surface area contributed by atoms with Crippen LogP contribution in [0.15, 0.2) is 24.3 Å². The minimum absolute atomic E-state index is 0.0338. The van der Waals surface area contributed by atoms with Crippen LogP contribution >= 0.6 is 11.6 Å². The molecule has 0 radical (unpaired) electrons. The van der Waals surface area contributed by atoms with Gasteiger partial charge in [0.05, 0.1) is 18.7 Å². The number of rotatable bonds is 8. The summed E-state index contributed by atoms with van der Waals surface area (Å²) in [6.45, 7) is 5.90. The maximum atomic E-state index is 12.7. The van der Waals surface area contributed by atoms with Crippen molar-refractivity contribution >= 4 is 17.5 Å². The zero-order valence-corrected chi connectivity index (χ0v) is 17.7. The number of piperidine rings is 1. The molecule has 0 spiro atoms. The minimum Gasteiger partial charge on any atom is -0.392 e. The van der Waals surface area contributed by atoms with Crippen molar-refractivity contribution in [2.45, 2.75) is 63.6 Å². The molecule has 1 aromatic rings. The lowest BCUT2D eigenvalue weighted by molar-refractivity contribution is -0.124. The van der Waals surface area contributed by atoms with E-state index in [2.05, 4.69) is 21.2 Å².